The molecule has 2 nitrogen and oxygen atoms in total. The first-order valence-electron chi connectivity index (χ1n) is 6.11. The SMILES string of the molecule is CC(C)N(Cc1cccs1)c1cc(CCl)c(Cl)cn1. The van der Waals surface area contributed by atoms with E-state index in [-0.39, 0.29) is 0 Å². The number of anilines is 1. The van der Waals surface area contributed by atoms with E-state index < -0.39 is 0 Å². The van der Waals surface area contributed by atoms with Gasteiger partial charge in [0.1, 0.15) is 5.82 Å². The maximum atomic E-state index is 6.06. The van der Waals surface area contributed by atoms with Crippen LogP contribution in [0.5, 0.6) is 0 Å². The largest absolute Gasteiger partial charge is 0.349 e. The Hall–Kier alpha value is -0.770. The molecule has 0 fully saturated rings. The normalized spacial score (nSPS) is 11.0. The van der Waals surface area contributed by atoms with Gasteiger partial charge >= 0.3 is 0 Å². The van der Waals surface area contributed by atoms with Crippen LogP contribution in [0.4, 0.5) is 5.82 Å². The molecule has 0 atom stereocenters. The van der Waals surface area contributed by atoms with Gasteiger partial charge in [-0.3, -0.25) is 0 Å². The molecular formula is C14H16Cl2N2S. The molecule has 2 heterocycles. The van der Waals surface area contributed by atoms with E-state index in [4.69, 9.17) is 23.2 Å². The van der Waals surface area contributed by atoms with Gasteiger partial charge in [0.05, 0.1) is 11.6 Å². The molecule has 0 saturated carbocycles. The van der Waals surface area contributed by atoms with Gasteiger partial charge in [-0.15, -0.1) is 22.9 Å². The van der Waals surface area contributed by atoms with Crippen molar-refractivity contribution in [3.05, 3.63) is 45.2 Å². The summed E-state index contributed by atoms with van der Waals surface area (Å²) >= 11 is 13.7. The average molecular weight is 315 g/mol. The van der Waals surface area contributed by atoms with Crippen LogP contribution in [0.15, 0.2) is 29.8 Å². The molecule has 0 aliphatic carbocycles. The smallest absolute Gasteiger partial charge is 0.129 e. The van der Waals surface area contributed by atoms with Crippen LogP contribution in [-0.4, -0.2) is 11.0 Å². The highest BCUT2D eigenvalue weighted by molar-refractivity contribution is 7.09. The molecule has 2 aromatic rings. The molecule has 0 aliphatic rings. The molecule has 102 valence electrons. The summed E-state index contributed by atoms with van der Waals surface area (Å²) in [6, 6.07) is 6.54. The van der Waals surface area contributed by atoms with Crippen molar-refractivity contribution in [2.75, 3.05) is 4.90 Å². The number of hydrogen-bond acceptors (Lipinski definition) is 3. The van der Waals surface area contributed by atoms with Crippen LogP contribution in [0.2, 0.25) is 5.02 Å². The van der Waals surface area contributed by atoms with E-state index in [0.29, 0.717) is 16.9 Å². The minimum Gasteiger partial charge on any atom is -0.349 e. The second kappa shape index (κ2) is 6.60. The summed E-state index contributed by atoms with van der Waals surface area (Å²) in [6.07, 6.45) is 1.68. The van der Waals surface area contributed by atoms with Gasteiger partial charge in [0.15, 0.2) is 0 Å². The Bertz CT molecular complexity index is 526. The lowest BCUT2D eigenvalue weighted by Gasteiger charge is -2.27. The molecule has 0 aromatic carbocycles. The third kappa shape index (κ3) is 3.62. The molecule has 19 heavy (non-hydrogen) atoms. The van der Waals surface area contributed by atoms with Gasteiger partial charge in [0, 0.05) is 23.0 Å². The van der Waals surface area contributed by atoms with Crippen molar-refractivity contribution in [1.82, 2.24) is 4.98 Å². The summed E-state index contributed by atoms with van der Waals surface area (Å²) in [5.74, 6) is 1.32. The van der Waals surface area contributed by atoms with E-state index >= 15 is 0 Å². The standard InChI is InChI=1S/C14H16Cl2N2S/c1-10(2)18(9-12-4-3-5-19-12)14-6-11(7-15)13(16)8-17-14/h3-6,8,10H,7,9H2,1-2H3. The van der Waals surface area contributed by atoms with Crippen LogP contribution in [0, 0.1) is 0 Å². The first kappa shape index (κ1) is 14.6. The number of nitrogens with zero attached hydrogens (tertiary/aromatic N) is 2. The lowest BCUT2D eigenvalue weighted by atomic mass is 10.2. The number of thiophene rings is 1. The van der Waals surface area contributed by atoms with Crippen LogP contribution in [-0.2, 0) is 12.4 Å². The maximum absolute atomic E-state index is 6.06. The van der Waals surface area contributed by atoms with Gasteiger partial charge in [-0.2, -0.15) is 0 Å². The van der Waals surface area contributed by atoms with E-state index in [1.807, 2.05) is 6.07 Å². The van der Waals surface area contributed by atoms with E-state index in [1.54, 1.807) is 17.5 Å². The zero-order valence-corrected chi connectivity index (χ0v) is 13.3. The molecule has 0 spiro atoms. The van der Waals surface area contributed by atoms with E-state index in [0.717, 1.165) is 17.9 Å². The topological polar surface area (TPSA) is 16.1 Å². The van der Waals surface area contributed by atoms with Crippen LogP contribution >= 0.6 is 34.5 Å². The van der Waals surface area contributed by atoms with E-state index in [2.05, 4.69) is 41.2 Å². The summed E-state index contributed by atoms with van der Waals surface area (Å²) in [6.45, 7) is 5.17. The van der Waals surface area contributed by atoms with Gasteiger partial charge in [0.2, 0.25) is 0 Å². The lowest BCUT2D eigenvalue weighted by Crippen LogP contribution is -2.30. The molecule has 0 unspecified atom stereocenters. The molecule has 5 heteroatoms. The third-order valence-corrected chi connectivity index (χ3v) is 4.38. The van der Waals surface area contributed by atoms with Crippen LogP contribution in [0.3, 0.4) is 0 Å². The van der Waals surface area contributed by atoms with Crippen molar-refractivity contribution in [3.63, 3.8) is 0 Å². The van der Waals surface area contributed by atoms with Crippen molar-refractivity contribution in [3.8, 4) is 0 Å². The van der Waals surface area contributed by atoms with Gasteiger partial charge < -0.3 is 4.90 Å². The van der Waals surface area contributed by atoms with Crippen molar-refractivity contribution in [2.45, 2.75) is 32.3 Å². The molecular weight excluding hydrogens is 299 g/mol. The Morgan fingerprint density at radius 2 is 2.21 bits per heavy atom. The highest BCUT2D eigenvalue weighted by atomic mass is 35.5. The lowest BCUT2D eigenvalue weighted by molar-refractivity contribution is 0.676. The fourth-order valence-electron chi connectivity index (χ4n) is 1.83. The fraction of sp³-hybridized carbons (Fsp3) is 0.357. The molecule has 0 radical (unpaired) electrons. The zero-order chi connectivity index (χ0) is 13.8. The molecule has 2 aromatic heterocycles. The molecule has 0 bridgehead atoms. The predicted molar refractivity (Wildman–Crippen MR) is 84.4 cm³/mol. The number of pyridine rings is 1. The first-order valence-corrected chi connectivity index (χ1v) is 7.90. The number of rotatable bonds is 5. The number of halogens is 2. The summed E-state index contributed by atoms with van der Waals surface area (Å²) in [4.78, 5) is 7.99. The monoisotopic (exact) mass is 314 g/mol. The summed E-state index contributed by atoms with van der Waals surface area (Å²) in [5, 5.41) is 2.71. The van der Waals surface area contributed by atoms with E-state index in [9.17, 15) is 0 Å². The second-order valence-electron chi connectivity index (χ2n) is 4.57. The molecule has 0 N–H and O–H groups in total. The van der Waals surface area contributed by atoms with Crippen molar-refractivity contribution < 1.29 is 0 Å². The van der Waals surface area contributed by atoms with Crippen molar-refractivity contribution in [1.29, 1.82) is 0 Å². The van der Waals surface area contributed by atoms with Gasteiger partial charge in [-0.05, 0) is 36.9 Å². The van der Waals surface area contributed by atoms with Crippen LogP contribution < -0.4 is 4.90 Å². The van der Waals surface area contributed by atoms with E-state index in [1.165, 1.54) is 4.88 Å². The first-order chi connectivity index (χ1) is 9.11. The number of alkyl halides is 1. The molecule has 0 aliphatic heterocycles. The third-order valence-electron chi connectivity index (χ3n) is 2.89. The van der Waals surface area contributed by atoms with Crippen molar-refractivity contribution >= 4 is 40.4 Å². The minimum absolute atomic E-state index is 0.360. The Morgan fingerprint density at radius 3 is 2.79 bits per heavy atom. The molecule has 2 rings (SSSR count). The summed E-state index contributed by atoms with van der Waals surface area (Å²) in [7, 11) is 0. The van der Waals surface area contributed by atoms with Gasteiger partial charge in [-0.1, -0.05) is 17.7 Å². The Kier molecular flexibility index (Phi) is 5.08. The highest BCUT2D eigenvalue weighted by Gasteiger charge is 2.14. The minimum atomic E-state index is 0.360. The Morgan fingerprint density at radius 1 is 1.42 bits per heavy atom. The average Bonchev–Trinajstić information content (AvgIpc) is 2.89. The van der Waals surface area contributed by atoms with Crippen LogP contribution in [0.1, 0.15) is 24.3 Å². The molecule has 0 amide bonds. The number of aromatic nitrogens is 1. The van der Waals surface area contributed by atoms with Gasteiger partial charge in [0.25, 0.3) is 0 Å². The van der Waals surface area contributed by atoms with Gasteiger partial charge in [-0.25, -0.2) is 4.98 Å². The maximum Gasteiger partial charge on any atom is 0.129 e. The Balaban J connectivity index is 2.28. The quantitative estimate of drug-likeness (QED) is 0.726. The molecule has 0 saturated heterocycles. The fourth-order valence-corrected chi connectivity index (χ4v) is 2.99. The Labute approximate surface area is 128 Å². The van der Waals surface area contributed by atoms with Crippen LogP contribution in [0.25, 0.3) is 0 Å². The second-order valence-corrected chi connectivity index (χ2v) is 6.28. The summed E-state index contributed by atoms with van der Waals surface area (Å²) < 4.78 is 0. The summed E-state index contributed by atoms with van der Waals surface area (Å²) in [5.41, 5.74) is 0.921. The number of hydrogen-bond donors (Lipinski definition) is 0. The predicted octanol–water partition coefficient (Wildman–Crippen LogP) is 4.95. The highest BCUT2D eigenvalue weighted by Crippen LogP contribution is 2.25. The zero-order valence-electron chi connectivity index (χ0n) is 10.9. The van der Waals surface area contributed by atoms with Crippen molar-refractivity contribution in [2.24, 2.45) is 0 Å².